The highest BCUT2D eigenvalue weighted by atomic mass is 32.1. The smallest absolute Gasteiger partial charge is 0.383 e. The molecule has 2 heterocycles. The van der Waals surface area contributed by atoms with Gasteiger partial charge < -0.3 is 20.3 Å². The van der Waals surface area contributed by atoms with Crippen molar-refractivity contribution >= 4 is 17.3 Å². The van der Waals surface area contributed by atoms with Gasteiger partial charge in [0.15, 0.2) is 11.7 Å². The molecule has 0 saturated carbocycles. The van der Waals surface area contributed by atoms with E-state index in [4.69, 9.17) is 4.74 Å². The lowest BCUT2D eigenvalue weighted by Crippen LogP contribution is -2.40. The van der Waals surface area contributed by atoms with Crippen LogP contribution in [0.15, 0.2) is 10.4 Å². The van der Waals surface area contributed by atoms with Gasteiger partial charge in [-0.15, -0.1) is 11.3 Å². The minimum absolute atomic E-state index is 0.434. The van der Waals surface area contributed by atoms with E-state index in [0.29, 0.717) is 29.9 Å². The van der Waals surface area contributed by atoms with Crippen LogP contribution in [-0.2, 0) is 17.3 Å². The molecule has 0 atom stereocenters. The van der Waals surface area contributed by atoms with Crippen molar-refractivity contribution in [1.29, 1.82) is 0 Å². The number of hydrogen-bond donors (Lipinski definition) is 2. The number of thiazole rings is 1. The van der Waals surface area contributed by atoms with Gasteiger partial charge in [-0.3, -0.25) is 4.99 Å². The van der Waals surface area contributed by atoms with Gasteiger partial charge in [-0.2, -0.15) is 13.2 Å². The predicted molar refractivity (Wildman–Crippen MR) is 106 cm³/mol. The lowest BCUT2D eigenvalue weighted by molar-refractivity contribution is -0.140. The molecule has 0 spiro atoms. The van der Waals surface area contributed by atoms with E-state index in [9.17, 15) is 13.2 Å². The van der Waals surface area contributed by atoms with Crippen molar-refractivity contribution in [2.45, 2.75) is 32.4 Å². The Kier molecular flexibility index (Phi) is 9.46. The van der Waals surface area contributed by atoms with Gasteiger partial charge in [0, 0.05) is 45.1 Å². The summed E-state index contributed by atoms with van der Waals surface area (Å²) >= 11 is 1.04. The molecule has 28 heavy (non-hydrogen) atoms. The fourth-order valence-corrected chi connectivity index (χ4v) is 3.82. The van der Waals surface area contributed by atoms with Crippen LogP contribution >= 0.6 is 11.3 Å². The van der Waals surface area contributed by atoms with E-state index < -0.39 is 11.9 Å². The fourth-order valence-electron chi connectivity index (χ4n) is 3.02. The molecule has 1 aromatic heterocycles. The summed E-state index contributed by atoms with van der Waals surface area (Å²) in [4.78, 5) is 10.7. The number of aromatic nitrogens is 1. The summed E-state index contributed by atoms with van der Waals surface area (Å²) in [7, 11) is 1.72. The summed E-state index contributed by atoms with van der Waals surface area (Å²) in [5, 5.41) is 7.91. The molecule has 0 unspecified atom stereocenters. The fraction of sp³-hybridized carbons (Fsp3) is 0.778. The third-order valence-corrected chi connectivity index (χ3v) is 5.55. The number of alkyl halides is 3. The second-order valence-electron chi connectivity index (χ2n) is 6.80. The first-order chi connectivity index (χ1) is 13.4. The third-order valence-electron chi connectivity index (χ3n) is 4.64. The summed E-state index contributed by atoms with van der Waals surface area (Å²) in [6, 6.07) is 0. The topological polar surface area (TPSA) is 61.8 Å². The molecule has 0 aliphatic carbocycles. The van der Waals surface area contributed by atoms with Crippen molar-refractivity contribution in [3.63, 3.8) is 0 Å². The number of guanidine groups is 1. The number of halogens is 3. The number of likely N-dealkylation sites (tertiary alicyclic amines) is 1. The van der Waals surface area contributed by atoms with Crippen LogP contribution < -0.4 is 10.6 Å². The summed E-state index contributed by atoms with van der Waals surface area (Å²) < 4.78 is 42.9. The molecule has 1 aromatic rings. The quantitative estimate of drug-likeness (QED) is 0.474. The minimum Gasteiger partial charge on any atom is -0.383 e. The molecule has 0 bridgehead atoms. The maximum absolute atomic E-state index is 12.6. The first-order valence-corrected chi connectivity index (χ1v) is 10.6. The van der Waals surface area contributed by atoms with Crippen LogP contribution in [-0.4, -0.2) is 68.8 Å². The van der Waals surface area contributed by atoms with Crippen molar-refractivity contribution in [3.05, 3.63) is 16.1 Å². The first-order valence-electron chi connectivity index (χ1n) is 9.67. The molecule has 1 fully saturated rings. The summed E-state index contributed by atoms with van der Waals surface area (Å²) in [6.45, 7) is 7.84. The summed E-state index contributed by atoms with van der Waals surface area (Å²) in [5.41, 5.74) is -0.815. The average molecular weight is 422 g/mol. The zero-order valence-electron chi connectivity index (χ0n) is 16.5. The van der Waals surface area contributed by atoms with Gasteiger partial charge in [0.1, 0.15) is 0 Å². The Bertz CT molecular complexity index is 600. The van der Waals surface area contributed by atoms with Crippen LogP contribution in [0.5, 0.6) is 0 Å². The van der Waals surface area contributed by atoms with Crippen molar-refractivity contribution in [2.24, 2.45) is 10.9 Å². The van der Waals surface area contributed by atoms with Crippen molar-refractivity contribution in [2.75, 3.05) is 53.0 Å². The van der Waals surface area contributed by atoms with E-state index in [-0.39, 0.29) is 0 Å². The second kappa shape index (κ2) is 11.6. The molecule has 10 heteroatoms. The van der Waals surface area contributed by atoms with Crippen LogP contribution in [0.4, 0.5) is 13.2 Å². The maximum Gasteiger partial charge on any atom is 0.434 e. The third kappa shape index (κ3) is 7.92. The van der Waals surface area contributed by atoms with E-state index in [2.05, 4.69) is 25.5 Å². The molecule has 0 aromatic carbocycles. The number of ether oxygens (including phenoxy) is 1. The summed E-state index contributed by atoms with van der Waals surface area (Å²) in [6.07, 6.45) is -1.71. The molecule has 1 aliphatic heterocycles. The number of hydrogen-bond acceptors (Lipinski definition) is 5. The molecular weight excluding hydrogens is 391 g/mol. The van der Waals surface area contributed by atoms with Crippen LogP contribution in [0.2, 0.25) is 0 Å². The number of aliphatic imine (C=N–C) groups is 1. The Morgan fingerprint density at radius 1 is 1.36 bits per heavy atom. The van der Waals surface area contributed by atoms with E-state index in [1.807, 2.05) is 6.92 Å². The SMILES string of the molecule is CCNC(=NCC1CCN(CCOC)CC1)NCCc1nc(C(F)(F)F)cs1. The molecular formula is C18H30F3N5OS. The highest BCUT2D eigenvalue weighted by Crippen LogP contribution is 2.30. The number of piperidine rings is 1. The predicted octanol–water partition coefficient (Wildman–Crippen LogP) is 2.62. The van der Waals surface area contributed by atoms with Gasteiger partial charge in [-0.25, -0.2) is 4.98 Å². The maximum atomic E-state index is 12.6. The zero-order valence-corrected chi connectivity index (χ0v) is 17.3. The molecule has 6 nitrogen and oxygen atoms in total. The van der Waals surface area contributed by atoms with Crippen LogP contribution in [0.3, 0.4) is 0 Å². The van der Waals surface area contributed by atoms with Crippen LogP contribution in [0.1, 0.15) is 30.5 Å². The lowest BCUT2D eigenvalue weighted by atomic mass is 9.97. The highest BCUT2D eigenvalue weighted by Gasteiger charge is 2.33. The number of rotatable bonds is 9. The molecule has 0 radical (unpaired) electrons. The molecule has 2 N–H and O–H groups in total. The Morgan fingerprint density at radius 2 is 2.11 bits per heavy atom. The van der Waals surface area contributed by atoms with Gasteiger partial charge in [-0.05, 0) is 38.8 Å². The molecule has 1 saturated heterocycles. The van der Waals surface area contributed by atoms with Crippen molar-refractivity contribution < 1.29 is 17.9 Å². The Morgan fingerprint density at radius 3 is 2.71 bits per heavy atom. The Balaban J connectivity index is 1.74. The van der Waals surface area contributed by atoms with Gasteiger partial charge in [-0.1, -0.05) is 0 Å². The molecule has 1 aliphatic rings. The second-order valence-corrected chi connectivity index (χ2v) is 7.74. The van der Waals surface area contributed by atoms with Gasteiger partial charge >= 0.3 is 6.18 Å². The van der Waals surface area contributed by atoms with Crippen LogP contribution in [0, 0.1) is 5.92 Å². The van der Waals surface area contributed by atoms with E-state index in [1.54, 1.807) is 7.11 Å². The Labute approximate surface area is 168 Å². The van der Waals surface area contributed by atoms with E-state index in [1.165, 1.54) is 0 Å². The molecule has 0 amide bonds. The largest absolute Gasteiger partial charge is 0.434 e. The van der Waals surface area contributed by atoms with E-state index >= 15 is 0 Å². The number of nitrogens with zero attached hydrogens (tertiary/aromatic N) is 3. The normalized spacial score (nSPS) is 17.1. The molecule has 2 rings (SSSR count). The lowest BCUT2D eigenvalue weighted by Gasteiger charge is -2.31. The minimum atomic E-state index is -4.38. The van der Waals surface area contributed by atoms with Crippen molar-refractivity contribution in [1.82, 2.24) is 20.5 Å². The average Bonchev–Trinajstić information content (AvgIpc) is 3.15. The first kappa shape index (κ1) is 22.9. The van der Waals surface area contributed by atoms with Gasteiger partial charge in [0.2, 0.25) is 0 Å². The number of methoxy groups -OCH3 is 1. The van der Waals surface area contributed by atoms with E-state index in [0.717, 1.165) is 68.9 Å². The van der Waals surface area contributed by atoms with Gasteiger partial charge in [0.25, 0.3) is 0 Å². The van der Waals surface area contributed by atoms with Crippen molar-refractivity contribution in [3.8, 4) is 0 Å². The highest BCUT2D eigenvalue weighted by molar-refractivity contribution is 7.09. The standard InChI is InChI=1S/C18H30F3N5OS/c1-3-22-17(23-7-4-16-25-15(13-28-16)18(19,20)21)24-12-14-5-8-26(9-6-14)10-11-27-2/h13-14H,3-12H2,1-2H3,(H2,22,23,24). The summed E-state index contributed by atoms with van der Waals surface area (Å²) in [5.74, 6) is 1.26. The molecule has 160 valence electrons. The Hall–Kier alpha value is -1.39. The number of nitrogens with one attached hydrogen (secondary N) is 2. The zero-order chi connectivity index (χ0) is 20.4. The van der Waals surface area contributed by atoms with Crippen LogP contribution in [0.25, 0.3) is 0 Å². The monoisotopic (exact) mass is 421 g/mol. The van der Waals surface area contributed by atoms with Gasteiger partial charge in [0.05, 0.1) is 11.6 Å².